The van der Waals surface area contributed by atoms with Crippen LogP contribution >= 0.6 is 0 Å². The average Bonchev–Trinajstić information content (AvgIpc) is 2.49. The van der Waals surface area contributed by atoms with Crippen molar-refractivity contribution in [1.29, 1.82) is 0 Å². The van der Waals surface area contributed by atoms with Crippen molar-refractivity contribution in [3.05, 3.63) is 41.0 Å². The molecule has 1 aromatic carbocycles. The van der Waals surface area contributed by atoms with Gasteiger partial charge in [-0.15, -0.1) is 0 Å². The van der Waals surface area contributed by atoms with Crippen LogP contribution in [0.3, 0.4) is 0 Å². The van der Waals surface area contributed by atoms with Crippen LogP contribution in [0.25, 0.3) is 0 Å². The van der Waals surface area contributed by atoms with Gasteiger partial charge in [-0.3, -0.25) is 0 Å². The smallest absolute Gasteiger partial charge is 0.335 e. The number of aromatic hydroxyl groups is 1. The lowest BCUT2D eigenvalue weighted by molar-refractivity contribution is 0.0697. The van der Waals surface area contributed by atoms with Crippen molar-refractivity contribution < 1.29 is 15.0 Å². The molecule has 0 saturated heterocycles. The number of carboxylic acids is 1. The molecule has 7 nitrogen and oxygen atoms in total. The highest BCUT2D eigenvalue weighted by Crippen LogP contribution is 2.23. The lowest BCUT2D eigenvalue weighted by Gasteiger charge is -2.07. The number of hydrogen-bond donors (Lipinski definition) is 4. The van der Waals surface area contributed by atoms with Gasteiger partial charge in [0, 0.05) is 0 Å². The minimum absolute atomic E-state index is 0.0337. The van der Waals surface area contributed by atoms with Crippen LogP contribution in [0.5, 0.6) is 5.88 Å². The van der Waals surface area contributed by atoms with E-state index >= 15 is 0 Å². The summed E-state index contributed by atoms with van der Waals surface area (Å²) in [6.07, 6.45) is 4.22. The summed E-state index contributed by atoms with van der Waals surface area (Å²) in [7, 11) is 0. The van der Waals surface area contributed by atoms with Gasteiger partial charge in [0.1, 0.15) is 5.82 Å². The predicted molar refractivity (Wildman–Crippen MR) is 87.2 cm³/mol. The Morgan fingerprint density at radius 2 is 1.65 bits per heavy atom. The number of nitrogens with two attached hydrogens (primary N) is 2. The molecule has 7 heteroatoms. The van der Waals surface area contributed by atoms with Gasteiger partial charge >= 0.3 is 5.97 Å². The molecule has 0 atom stereocenters. The molecular formula is C16H20N4O3. The standard InChI is InChI=1S/C16H20N4O3/c17-13-12(14(21)20-16(18)19-13)5-3-1-2-4-10-6-8-11(9-7-10)15(22)23/h6-9H,1-5H2,(H,22,23)(H5,17,18,19,20,21). The molecule has 0 aliphatic carbocycles. The Morgan fingerprint density at radius 1 is 1.00 bits per heavy atom. The summed E-state index contributed by atoms with van der Waals surface area (Å²) < 4.78 is 0. The van der Waals surface area contributed by atoms with Gasteiger partial charge < -0.3 is 21.7 Å². The van der Waals surface area contributed by atoms with E-state index in [4.69, 9.17) is 16.6 Å². The quantitative estimate of drug-likeness (QED) is 0.573. The fourth-order valence-corrected chi connectivity index (χ4v) is 2.37. The predicted octanol–water partition coefficient (Wildman–Crippen LogP) is 2.00. The Hall–Kier alpha value is -2.83. The molecule has 2 aromatic rings. The number of unbranched alkanes of at least 4 members (excludes halogenated alkanes) is 2. The van der Waals surface area contributed by atoms with Gasteiger partial charge in [0.25, 0.3) is 0 Å². The van der Waals surface area contributed by atoms with E-state index in [1.165, 1.54) is 0 Å². The van der Waals surface area contributed by atoms with E-state index in [0.717, 1.165) is 31.2 Å². The van der Waals surface area contributed by atoms with E-state index < -0.39 is 5.97 Å². The number of nitrogens with zero attached hydrogens (tertiary/aromatic N) is 2. The van der Waals surface area contributed by atoms with Crippen LogP contribution in [0.1, 0.15) is 40.7 Å². The van der Waals surface area contributed by atoms with E-state index in [9.17, 15) is 9.90 Å². The summed E-state index contributed by atoms with van der Waals surface area (Å²) in [5, 5.41) is 18.6. The van der Waals surface area contributed by atoms with Crippen molar-refractivity contribution in [2.75, 3.05) is 11.5 Å². The fourth-order valence-electron chi connectivity index (χ4n) is 2.37. The topological polar surface area (TPSA) is 135 Å². The first-order valence-electron chi connectivity index (χ1n) is 7.40. The molecule has 122 valence electrons. The molecule has 6 N–H and O–H groups in total. The number of aromatic nitrogens is 2. The van der Waals surface area contributed by atoms with Crippen LogP contribution in [-0.2, 0) is 12.8 Å². The number of aromatic carboxylic acids is 1. The molecule has 0 amide bonds. The molecule has 23 heavy (non-hydrogen) atoms. The van der Waals surface area contributed by atoms with Gasteiger partial charge in [-0.05, 0) is 43.4 Å². The third-order valence-electron chi connectivity index (χ3n) is 3.63. The molecule has 2 rings (SSSR count). The molecule has 0 saturated carbocycles. The number of carbonyl (C=O) groups is 1. The van der Waals surface area contributed by atoms with Crippen LogP contribution in [0, 0.1) is 0 Å². The van der Waals surface area contributed by atoms with Crippen molar-refractivity contribution in [2.45, 2.75) is 32.1 Å². The SMILES string of the molecule is Nc1nc(N)c(CCCCCc2ccc(C(=O)O)cc2)c(O)n1. The zero-order valence-electron chi connectivity index (χ0n) is 12.7. The fraction of sp³-hybridized carbons (Fsp3) is 0.312. The highest BCUT2D eigenvalue weighted by atomic mass is 16.4. The first-order chi connectivity index (χ1) is 11.0. The highest BCUT2D eigenvalue weighted by Gasteiger charge is 2.10. The zero-order valence-corrected chi connectivity index (χ0v) is 12.7. The Kier molecular flexibility index (Phi) is 5.35. The molecule has 0 spiro atoms. The third-order valence-corrected chi connectivity index (χ3v) is 3.63. The number of aryl methyl sites for hydroxylation is 1. The lowest BCUT2D eigenvalue weighted by Crippen LogP contribution is -2.04. The Labute approximate surface area is 134 Å². The Morgan fingerprint density at radius 3 is 2.26 bits per heavy atom. The van der Waals surface area contributed by atoms with Crippen molar-refractivity contribution in [3.8, 4) is 5.88 Å². The summed E-state index contributed by atoms with van der Waals surface area (Å²) in [6, 6.07) is 6.90. The van der Waals surface area contributed by atoms with Crippen LogP contribution in [0.4, 0.5) is 11.8 Å². The van der Waals surface area contributed by atoms with Gasteiger partial charge in [-0.25, -0.2) is 4.79 Å². The molecule has 0 aliphatic heterocycles. The Bertz CT molecular complexity index is 663. The number of benzene rings is 1. The summed E-state index contributed by atoms with van der Waals surface area (Å²) in [5.74, 6) is -0.883. The molecule has 0 fully saturated rings. The minimum atomic E-state index is -0.917. The number of anilines is 2. The molecule has 0 unspecified atom stereocenters. The molecule has 1 heterocycles. The van der Waals surface area contributed by atoms with Gasteiger partial charge in [0.15, 0.2) is 0 Å². The van der Waals surface area contributed by atoms with Gasteiger partial charge in [-0.1, -0.05) is 18.6 Å². The van der Waals surface area contributed by atoms with Crippen molar-refractivity contribution in [1.82, 2.24) is 9.97 Å². The first kappa shape index (κ1) is 16.5. The number of hydrogen-bond acceptors (Lipinski definition) is 6. The van der Waals surface area contributed by atoms with Crippen molar-refractivity contribution >= 4 is 17.7 Å². The molecule has 0 radical (unpaired) electrons. The lowest BCUT2D eigenvalue weighted by atomic mass is 10.0. The van der Waals surface area contributed by atoms with Crippen LogP contribution in [0.15, 0.2) is 24.3 Å². The summed E-state index contributed by atoms with van der Waals surface area (Å²) >= 11 is 0. The second-order valence-corrected chi connectivity index (χ2v) is 5.33. The first-order valence-corrected chi connectivity index (χ1v) is 7.40. The summed E-state index contributed by atoms with van der Waals surface area (Å²) in [4.78, 5) is 18.3. The Balaban J connectivity index is 1.77. The molecule has 0 aliphatic rings. The average molecular weight is 316 g/mol. The number of rotatable bonds is 7. The normalized spacial score (nSPS) is 10.6. The monoisotopic (exact) mass is 316 g/mol. The zero-order chi connectivity index (χ0) is 16.8. The maximum atomic E-state index is 10.8. The molecule has 1 aromatic heterocycles. The highest BCUT2D eigenvalue weighted by molar-refractivity contribution is 5.87. The van der Waals surface area contributed by atoms with Crippen LogP contribution in [-0.4, -0.2) is 26.2 Å². The molecular weight excluding hydrogens is 296 g/mol. The van der Waals surface area contributed by atoms with Crippen LogP contribution in [0.2, 0.25) is 0 Å². The van der Waals surface area contributed by atoms with Gasteiger partial charge in [-0.2, -0.15) is 9.97 Å². The van der Waals surface area contributed by atoms with E-state index in [1.54, 1.807) is 12.1 Å². The maximum absolute atomic E-state index is 10.8. The van der Waals surface area contributed by atoms with E-state index in [1.807, 2.05) is 12.1 Å². The van der Waals surface area contributed by atoms with Gasteiger partial charge in [0.2, 0.25) is 11.8 Å². The van der Waals surface area contributed by atoms with Gasteiger partial charge in [0.05, 0.1) is 11.1 Å². The van der Waals surface area contributed by atoms with E-state index in [2.05, 4.69) is 9.97 Å². The second-order valence-electron chi connectivity index (χ2n) is 5.33. The minimum Gasteiger partial charge on any atom is -0.493 e. The van der Waals surface area contributed by atoms with E-state index in [-0.39, 0.29) is 17.6 Å². The summed E-state index contributed by atoms with van der Waals surface area (Å²) in [6.45, 7) is 0. The van der Waals surface area contributed by atoms with Crippen molar-refractivity contribution in [3.63, 3.8) is 0 Å². The third kappa shape index (κ3) is 4.57. The van der Waals surface area contributed by atoms with Crippen molar-refractivity contribution in [2.24, 2.45) is 0 Å². The number of carboxylic acid groups (broad SMARTS) is 1. The maximum Gasteiger partial charge on any atom is 0.335 e. The van der Waals surface area contributed by atoms with E-state index in [0.29, 0.717) is 17.5 Å². The largest absolute Gasteiger partial charge is 0.493 e. The second kappa shape index (κ2) is 7.44. The number of nitrogen functional groups attached to an aromatic ring is 2. The molecule has 0 bridgehead atoms. The summed E-state index contributed by atoms with van der Waals surface area (Å²) in [5.41, 5.74) is 13.1. The van der Waals surface area contributed by atoms with Crippen LogP contribution < -0.4 is 11.5 Å².